The first-order chi connectivity index (χ1) is 14.5. The molecule has 30 heavy (non-hydrogen) atoms. The van der Waals surface area contributed by atoms with Crippen LogP contribution in [-0.4, -0.2) is 26.6 Å². The molecule has 0 fully saturated rings. The van der Waals surface area contributed by atoms with Crippen LogP contribution in [0.1, 0.15) is 27.4 Å². The number of nitrogens with zero attached hydrogens (tertiary/aromatic N) is 3. The number of anilines is 1. The predicted molar refractivity (Wildman–Crippen MR) is 124 cm³/mol. The van der Waals surface area contributed by atoms with Gasteiger partial charge in [-0.25, -0.2) is 15.0 Å². The van der Waals surface area contributed by atoms with Crippen molar-refractivity contribution in [3.05, 3.63) is 76.1 Å². The molecule has 4 aromatic rings. The number of rotatable bonds is 6. The van der Waals surface area contributed by atoms with Crippen LogP contribution in [0.15, 0.2) is 53.8 Å². The molecule has 152 valence electrons. The zero-order chi connectivity index (χ0) is 21.1. The van der Waals surface area contributed by atoms with Gasteiger partial charge in [0.25, 0.3) is 0 Å². The van der Waals surface area contributed by atoms with E-state index < -0.39 is 0 Å². The van der Waals surface area contributed by atoms with Gasteiger partial charge in [-0.2, -0.15) is 0 Å². The lowest BCUT2D eigenvalue weighted by molar-refractivity contribution is -0.113. The number of thioether (sulfide) groups is 1. The third-order valence-electron chi connectivity index (χ3n) is 4.72. The van der Waals surface area contributed by atoms with E-state index in [1.807, 2.05) is 26.1 Å². The van der Waals surface area contributed by atoms with Crippen LogP contribution in [0.2, 0.25) is 0 Å². The van der Waals surface area contributed by atoms with E-state index in [4.69, 9.17) is 0 Å². The Morgan fingerprint density at radius 3 is 2.63 bits per heavy atom. The van der Waals surface area contributed by atoms with E-state index in [0.717, 1.165) is 22.7 Å². The quantitative estimate of drug-likeness (QED) is 0.328. The summed E-state index contributed by atoms with van der Waals surface area (Å²) < 4.78 is 0. The molecule has 0 unspecified atom stereocenters. The van der Waals surface area contributed by atoms with E-state index in [1.165, 1.54) is 45.0 Å². The molecule has 7 heteroatoms. The van der Waals surface area contributed by atoms with Gasteiger partial charge in [-0.1, -0.05) is 48.2 Å². The zero-order valence-electron chi connectivity index (χ0n) is 17.1. The lowest BCUT2D eigenvalue weighted by Gasteiger charge is -2.09. The summed E-state index contributed by atoms with van der Waals surface area (Å²) in [5.74, 6) is 0.144. The van der Waals surface area contributed by atoms with E-state index in [2.05, 4.69) is 63.6 Å². The minimum absolute atomic E-state index is 0.106. The topological polar surface area (TPSA) is 67.8 Å². The van der Waals surface area contributed by atoms with Crippen LogP contribution in [0, 0.1) is 20.8 Å². The van der Waals surface area contributed by atoms with Crippen molar-refractivity contribution in [1.29, 1.82) is 0 Å². The Morgan fingerprint density at radius 1 is 1.07 bits per heavy atom. The summed E-state index contributed by atoms with van der Waals surface area (Å²) in [5, 5.41) is 6.63. The first kappa shape index (κ1) is 20.5. The molecule has 0 spiro atoms. The first-order valence-corrected chi connectivity index (χ1v) is 11.4. The van der Waals surface area contributed by atoms with Gasteiger partial charge >= 0.3 is 0 Å². The van der Waals surface area contributed by atoms with Crippen LogP contribution >= 0.6 is 23.1 Å². The number of benzene rings is 2. The monoisotopic (exact) mass is 434 g/mol. The number of amides is 1. The Balaban J connectivity index is 1.41. The van der Waals surface area contributed by atoms with Crippen molar-refractivity contribution in [3.8, 4) is 0 Å². The molecule has 5 nitrogen and oxygen atoms in total. The molecule has 0 radical (unpaired) electrons. The van der Waals surface area contributed by atoms with E-state index in [-0.39, 0.29) is 11.7 Å². The van der Waals surface area contributed by atoms with Gasteiger partial charge in [0.05, 0.1) is 5.75 Å². The number of hydrogen-bond donors (Lipinski definition) is 1. The maximum absolute atomic E-state index is 12.3. The third kappa shape index (κ3) is 4.86. The summed E-state index contributed by atoms with van der Waals surface area (Å²) in [6, 6.07) is 14.7. The van der Waals surface area contributed by atoms with Crippen LogP contribution in [-0.2, 0) is 11.2 Å². The number of thiazole rings is 1. The molecular formula is C23H22N4OS2. The van der Waals surface area contributed by atoms with Crippen molar-refractivity contribution in [2.24, 2.45) is 0 Å². The van der Waals surface area contributed by atoms with Gasteiger partial charge in [0, 0.05) is 28.9 Å². The van der Waals surface area contributed by atoms with Crippen LogP contribution in [0.25, 0.3) is 10.8 Å². The Labute approximate surface area is 184 Å². The number of nitrogens with one attached hydrogen (secondary N) is 1. The van der Waals surface area contributed by atoms with E-state index in [9.17, 15) is 4.79 Å². The third-order valence-corrected chi connectivity index (χ3v) is 6.48. The largest absolute Gasteiger partial charge is 0.301 e. The predicted octanol–water partition coefficient (Wildman–Crippen LogP) is 5.33. The standard InChI is InChI=1S/C23H22N4OS2/c1-14-8-9-17-6-4-5-7-19(17)20(14)11-18-12-24-22(30-18)27-21(28)13-29-23-25-15(2)10-16(3)26-23/h4-10,12H,11,13H2,1-3H3,(H,24,27,28). The van der Waals surface area contributed by atoms with Gasteiger partial charge in [-0.15, -0.1) is 11.3 Å². The van der Waals surface area contributed by atoms with Crippen molar-refractivity contribution in [2.45, 2.75) is 32.3 Å². The highest BCUT2D eigenvalue weighted by molar-refractivity contribution is 7.99. The van der Waals surface area contributed by atoms with E-state index in [0.29, 0.717) is 10.3 Å². The lowest BCUT2D eigenvalue weighted by Crippen LogP contribution is -2.14. The van der Waals surface area contributed by atoms with Crippen molar-refractivity contribution >= 4 is 44.9 Å². The highest BCUT2D eigenvalue weighted by atomic mass is 32.2. The normalized spacial score (nSPS) is 11.0. The van der Waals surface area contributed by atoms with Gasteiger partial charge in [-0.05, 0) is 48.7 Å². The summed E-state index contributed by atoms with van der Waals surface area (Å²) in [5.41, 5.74) is 4.37. The Hall–Kier alpha value is -2.77. The highest BCUT2D eigenvalue weighted by Crippen LogP contribution is 2.28. The second-order valence-electron chi connectivity index (χ2n) is 7.16. The maximum atomic E-state index is 12.3. The van der Waals surface area contributed by atoms with Crippen molar-refractivity contribution < 1.29 is 4.79 Å². The molecule has 0 saturated heterocycles. The molecular weight excluding hydrogens is 412 g/mol. The smallest absolute Gasteiger partial charge is 0.236 e. The molecule has 0 atom stereocenters. The number of aromatic nitrogens is 3. The molecule has 2 aromatic heterocycles. The van der Waals surface area contributed by atoms with Gasteiger partial charge < -0.3 is 5.32 Å². The summed E-state index contributed by atoms with van der Waals surface area (Å²) in [6.45, 7) is 5.99. The molecule has 1 amide bonds. The van der Waals surface area contributed by atoms with Crippen LogP contribution in [0.4, 0.5) is 5.13 Å². The average molecular weight is 435 g/mol. The molecule has 0 aliphatic carbocycles. The van der Waals surface area contributed by atoms with Gasteiger partial charge in [0.1, 0.15) is 0 Å². The second kappa shape index (κ2) is 8.93. The van der Waals surface area contributed by atoms with Crippen LogP contribution in [0.3, 0.4) is 0 Å². The number of hydrogen-bond acceptors (Lipinski definition) is 6. The molecule has 0 aliphatic rings. The minimum Gasteiger partial charge on any atom is -0.301 e. The van der Waals surface area contributed by atoms with Gasteiger partial charge in [0.2, 0.25) is 5.91 Å². The molecule has 0 bridgehead atoms. The molecule has 0 aliphatic heterocycles. The van der Waals surface area contributed by atoms with Crippen molar-refractivity contribution in [3.63, 3.8) is 0 Å². The van der Waals surface area contributed by atoms with Crippen molar-refractivity contribution in [2.75, 3.05) is 11.1 Å². The maximum Gasteiger partial charge on any atom is 0.236 e. The zero-order valence-corrected chi connectivity index (χ0v) is 18.7. The summed E-state index contributed by atoms with van der Waals surface area (Å²) in [6.07, 6.45) is 2.65. The Kier molecular flexibility index (Phi) is 6.11. The molecule has 2 heterocycles. The Bertz CT molecular complexity index is 1200. The Morgan fingerprint density at radius 2 is 1.83 bits per heavy atom. The summed E-state index contributed by atoms with van der Waals surface area (Å²) in [7, 11) is 0. The minimum atomic E-state index is -0.106. The average Bonchev–Trinajstić information content (AvgIpc) is 3.15. The van der Waals surface area contributed by atoms with Crippen LogP contribution < -0.4 is 5.32 Å². The lowest BCUT2D eigenvalue weighted by atomic mass is 9.97. The van der Waals surface area contributed by atoms with Crippen LogP contribution in [0.5, 0.6) is 0 Å². The fraction of sp³-hybridized carbons (Fsp3) is 0.217. The number of carbonyl (C=O) groups excluding carboxylic acids is 1. The molecule has 0 saturated carbocycles. The number of aryl methyl sites for hydroxylation is 3. The summed E-state index contributed by atoms with van der Waals surface area (Å²) in [4.78, 5) is 26.6. The van der Waals surface area contributed by atoms with Gasteiger partial charge in [0.15, 0.2) is 10.3 Å². The second-order valence-corrected chi connectivity index (χ2v) is 9.22. The van der Waals surface area contributed by atoms with E-state index in [1.54, 1.807) is 0 Å². The highest BCUT2D eigenvalue weighted by Gasteiger charge is 2.11. The molecule has 2 aromatic carbocycles. The molecule has 4 rings (SSSR count). The fourth-order valence-corrected chi connectivity index (χ4v) is 4.93. The first-order valence-electron chi connectivity index (χ1n) is 9.65. The number of carbonyl (C=O) groups is 1. The van der Waals surface area contributed by atoms with Gasteiger partial charge in [-0.3, -0.25) is 4.79 Å². The SMILES string of the molecule is Cc1cc(C)nc(SCC(=O)Nc2ncc(Cc3c(C)ccc4ccccc34)s2)n1. The number of fused-ring (bicyclic) bond motifs is 1. The van der Waals surface area contributed by atoms with E-state index >= 15 is 0 Å². The fourth-order valence-electron chi connectivity index (χ4n) is 3.34. The summed E-state index contributed by atoms with van der Waals surface area (Å²) >= 11 is 2.85. The molecule has 1 N–H and O–H groups in total. The van der Waals surface area contributed by atoms with Crippen molar-refractivity contribution in [1.82, 2.24) is 15.0 Å².